The minimum absolute atomic E-state index is 0.172. The normalized spacial score (nSPS) is 26.7. The second-order valence-electron chi connectivity index (χ2n) is 5.30. The summed E-state index contributed by atoms with van der Waals surface area (Å²) < 4.78 is 2.29. The molecule has 3 rings (SSSR count). The zero-order valence-corrected chi connectivity index (χ0v) is 9.86. The van der Waals surface area contributed by atoms with Gasteiger partial charge in [0.25, 0.3) is 0 Å². The number of aryl methyl sites for hydroxylation is 1. The number of rotatable bonds is 1. The standard InChI is InChI=1S/C13H21N3/c14-11-7-4-8-16-9-12(15-13(11)16)10-5-2-1-3-6-10/h9-11H,1-8,14H2. The molecule has 0 aromatic carbocycles. The monoisotopic (exact) mass is 219 g/mol. The van der Waals surface area contributed by atoms with Gasteiger partial charge >= 0.3 is 0 Å². The van der Waals surface area contributed by atoms with Crippen LogP contribution in [0, 0.1) is 0 Å². The van der Waals surface area contributed by atoms with Crippen LogP contribution in [0.1, 0.15) is 68.4 Å². The molecule has 88 valence electrons. The summed E-state index contributed by atoms with van der Waals surface area (Å²) in [6.07, 6.45) is 11.4. The number of nitrogens with two attached hydrogens (primary N) is 1. The number of nitrogens with zero attached hydrogens (tertiary/aromatic N) is 2. The topological polar surface area (TPSA) is 43.8 Å². The van der Waals surface area contributed by atoms with Crippen LogP contribution in [-0.2, 0) is 6.54 Å². The molecule has 1 aromatic rings. The molecule has 2 heterocycles. The highest BCUT2D eigenvalue weighted by Crippen LogP contribution is 2.33. The molecule has 1 aliphatic heterocycles. The molecule has 0 radical (unpaired) electrons. The molecule has 0 spiro atoms. The van der Waals surface area contributed by atoms with Gasteiger partial charge in [0, 0.05) is 18.7 Å². The van der Waals surface area contributed by atoms with Crippen molar-refractivity contribution in [2.24, 2.45) is 5.73 Å². The third-order valence-electron chi connectivity index (χ3n) is 4.10. The van der Waals surface area contributed by atoms with Gasteiger partial charge in [0.15, 0.2) is 0 Å². The summed E-state index contributed by atoms with van der Waals surface area (Å²) in [5.41, 5.74) is 7.42. The van der Waals surface area contributed by atoms with Crippen molar-refractivity contribution in [2.45, 2.75) is 63.5 Å². The fraction of sp³-hybridized carbons (Fsp3) is 0.769. The molecule has 1 unspecified atom stereocenters. The molecule has 3 nitrogen and oxygen atoms in total. The third kappa shape index (κ3) is 1.77. The molecule has 3 heteroatoms. The van der Waals surface area contributed by atoms with Gasteiger partial charge in [-0.05, 0) is 25.7 Å². The van der Waals surface area contributed by atoms with Crippen LogP contribution in [0.25, 0.3) is 0 Å². The summed E-state index contributed by atoms with van der Waals surface area (Å²) in [6.45, 7) is 1.11. The molecular formula is C13H21N3. The highest BCUT2D eigenvalue weighted by Gasteiger charge is 2.24. The Labute approximate surface area is 97.0 Å². The minimum atomic E-state index is 0.172. The van der Waals surface area contributed by atoms with E-state index in [0.717, 1.165) is 18.8 Å². The van der Waals surface area contributed by atoms with Gasteiger partial charge in [-0.25, -0.2) is 4.98 Å². The van der Waals surface area contributed by atoms with E-state index in [0.29, 0.717) is 5.92 Å². The van der Waals surface area contributed by atoms with E-state index in [1.165, 1.54) is 44.2 Å². The summed E-state index contributed by atoms with van der Waals surface area (Å²) in [5, 5.41) is 0. The van der Waals surface area contributed by atoms with Crippen molar-refractivity contribution in [1.82, 2.24) is 9.55 Å². The highest BCUT2D eigenvalue weighted by atomic mass is 15.1. The van der Waals surface area contributed by atoms with Crippen LogP contribution in [0.5, 0.6) is 0 Å². The Hall–Kier alpha value is -0.830. The van der Waals surface area contributed by atoms with Crippen molar-refractivity contribution in [3.8, 4) is 0 Å². The summed E-state index contributed by atoms with van der Waals surface area (Å²) in [5.74, 6) is 1.84. The zero-order valence-electron chi connectivity index (χ0n) is 9.86. The number of hydrogen-bond donors (Lipinski definition) is 1. The fourth-order valence-electron chi connectivity index (χ4n) is 3.13. The Morgan fingerprint density at radius 1 is 1.12 bits per heavy atom. The zero-order chi connectivity index (χ0) is 11.0. The molecule has 1 saturated carbocycles. The largest absolute Gasteiger partial charge is 0.333 e. The van der Waals surface area contributed by atoms with E-state index in [2.05, 4.69) is 10.8 Å². The molecule has 1 aliphatic carbocycles. The van der Waals surface area contributed by atoms with E-state index in [-0.39, 0.29) is 6.04 Å². The van der Waals surface area contributed by atoms with Crippen LogP contribution < -0.4 is 5.73 Å². The van der Waals surface area contributed by atoms with E-state index in [4.69, 9.17) is 10.7 Å². The molecule has 1 aromatic heterocycles. The van der Waals surface area contributed by atoms with Gasteiger partial charge in [-0.2, -0.15) is 0 Å². The number of aromatic nitrogens is 2. The van der Waals surface area contributed by atoms with Gasteiger partial charge in [-0.15, -0.1) is 0 Å². The van der Waals surface area contributed by atoms with E-state index in [9.17, 15) is 0 Å². The lowest BCUT2D eigenvalue weighted by Gasteiger charge is -2.19. The Balaban J connectivity index is 1.85. The molecular weight excluding hydrogens is 198 g/mol. The maximum atomic E-state index is 6.11. The van der Waals surface area contributed by atoms with Crippen LogP contribution in [0.3, 0.4) is 0 Å². The highest BCUT2D eigenvalue weighted by molar-refractivity contribution is 5.14. The van der Waals surface area contributed by atoms with Crippen molar-refractivity contribution in [1.29, 1.82) is 0 Å². The first kappa shape index (κ1) is 10.3. The van der Waals surface area contributed by atoms with Crippen LogP contribution in [0.2, 0.25) is 0 Å². The Kier molecular flexibility index (Phi) is 2.72. The van der Waals surface area contributed by atoms with Gasteiger partial charge in [0.1, 0.15) is 5.82 Å². The molecule has 0 bridgehead atoms. The molecule has 16 heavy (non-hydrogen) atoms. The smallest absolute Gasteiger partial charge is 0.125 e. The van der Waals surface area contributed by atoms with E-state index < -0.39 is 0 Å². The lowest BCUT2D eigenvalue weighted by Crippen LogP contribution is -2.21. The molecule has 0 amide bonds. The van der Waals surface area contributed by atoms with Gasteiger partial charge in [-0.3, -0.25) is 0 Å². The van der Waals surface area contributed by atoms with Crippen LogP contribution >= 0.6 is 0 Å². The third-order valence-corrected chi connectivity index (χ3v) is 4.10. The SMILES string of the molecule is NC1CCCn2cc(C3CCCCC3)nc21. The van der Waals surface area contributed by atoms with Crippen LogP contribution in [0.4, 0.5) is 0 Å². The summed E-state index contributed by atoms with van der Waals surface area (Å²) in [7, 11) is 0. The van der Waals surface area contributed by atoms with Crippen molar-refractivity contribution in [3.05, 3.63) is 17.7 Å². The Bertz CT molecular complexity index is 363. The first-order valence-electron chi connectivity index (χ1n) is 6.67. The first-order valence-corrected chi connectivity index (χ1v) is 6.67. The van der Waals surface area contributed by atoms with Crippen molar-refractivity contribution >= 4 is 0 Å². The average Bonchev–Trinajstić information content (AvgIpc) is 2.76. The predicted octanol–water partition coefficient (Wildman–Crippen LogP) is 2.72. The van der Waals surface area contributed by atoms with Gasteiger partial charge < -0.3 is 10.3 Å². The molecule has 2 aliphatic rings. The lowest BCUT2D eigenvalue weighted by molar-refractivity contribution is 0.436. The summed E-state index contributed by atoms with van der Waals surface area (Å²) in [6, 6.07) is 0.172. The molecule has 2 N–H and O–H groups in total. The van der Waals surface area contributed by atoms with Crippen molar-refractivity contribution in [3.63, 3.8) is 0 Å². The minimum Gasteiger partial charge on any atom is -0.333 e. The predicted molar refractivity (Wildman–Crippen MR) is 64.2 cm³/mol. The maximum Gasteiger partial charge on any atom is 0.125 e. The van der Waals surface area contributed by atoms with Gasteiger partial charge in [-0.1, -0.05) is 19.3 Å². The number of imidazole rings is 1. The maximum absolute atomic E-state index is 6.11. The number of fused-ring (bicyclic) bond motifs is 1. The van der Waals surface area contributed by atoms with Crippen LogP contribution in [0.15, 0.2) is 6.20 Å². The van der Waals surface area contributed by atoms with E-state index in [1.807, 2.05) is 0 Å². The van der Waals surface area contributed by atoms with E-state index in [1.54, 1.807) is 0 Å². The molecule has 0 saturated heterocycles. The van der Waals surface area contributed by atoms with Gasteiger partial charge in [0.2, 0.25) is 0 Å². The van der Waals surface area contributed by atoms with E-state index >= 15 is 0 Å². The van der Waals surface area contributed by atoms with Gasteiger partial charge in [0.05, 0.1) is 11.7 Å². The van der Waals surface area contributed by atoms with Crippen molar-refractivity contribution in [2.75, 3.05) is 0 Å². The average molecular weight is 219 g/mol. The lowest BCUT2D eigenvalue weighted by atomic mass is 9.87. The first-order chi connectivity index (χ1) is 7.84. The van der Waals surface area contributed by atoms with Crippen molar-refractivity contribution < 1.29 is 0 Å². The van der Waals surface area contributed by atoms with Crippen LogP contribution in [-0.4, -0.2) is 9.55 Å². The quantitative estimate of drug-likeness (QED) is 0.789. The molecule has 1 fully saturated rings. The summed E-state index contributed by atoms with van der Waals surface area (Å²) in [4.78, 5) is 4.79. The fourth-order valence-corrected chi connectivity index (χ4v) is 3.13. The Morgan fingerprint density at radius 2 is 1.94 bits per heavy atom. The second kappa shape index (κ2) is 4.21. The summed E-state index contributed by atoms with van der Waals surface area (Å²) >= 11 is 0. The number of hydrogen-bond acceptors (Lipinski definition) is 2. The Morgan fingerprint density at radius 3 is 2.69 bits per heavy atom. The molecule has 1 atom stereocenters. The second-order valence-corrected chi connectivity index (χ2v) is 5.30.